The van der Waals surface area contributed by atoms with Crippen LogP contribution in [-0.2, 0) is 0 Å². The van der Waals surface area contributed by atoms with E-state index in [0.29, 0.717) is 11.8 Å². The summed E-state index contributed by atoms with van der Waals surface area (Å²) < 4.78 is 0. The molecule has 0 saturated heterocycles. The van der Waals surface area contributed by atoms with Gasteiger partial charge < -0.3 is 0 Å². The zero-order valence-corrected chi connectivity index (χ0v) is 24.4. The highest BCUT2D eigenvalue weighted by Gasteiger charge is 2.46. The Morgan fingerprint density at radius 1 is 0.389 bits per heavy atom. The van der Waals surface area contributed by atoms with Crippen molar-refractivity contribution in [1.29, 1.82) is 0 Å². The molecule has 0 N–H and O–H groups in total. The largest absolute Gasteiger partial charge is 0.0622 e. The van der Waals surface area contributed by atoms with Crippen LogP contribution in [0.5, 0.6) is 0 Å². The van der Waals surface area contributed by atoms with Crippen LogP contribution >= 0.6 is 15.8 Å². The van der Waals surface area contributed by atoms with E-state index in [-0.39, 0.29) is 10.3 Å². The molecule has 186 valence electrons. The van der Waals surface area contributed by atoms with Crippen LogP contribution in [0.25, 0.3) is 0 Å². The van der Waals surface area contributed by atoms with Gasteiger partial charge >= 0.3 is 0 Å². The summed E-state index contributed by atoms with van der Waals surface area (Å²) in [5.74, 6) is 1.02. The molecule has 0 aliphatic rings. The first-order valence-electron chi connectivity index (χ1n) is 13.0. The SMILES string of the molecule is C[C@@H]([C@H](C)C(C)(C)P(c1ccccc1)c1ccccc1)C(C)(C)P(c1ccccc1)c1ccccc1. The topological polar surface area (TPSA) is 0 Å². The van der Waals surface area contributed by atoms with Crippen LogP contribution in [0.1, 0.15) is 41.5 Å². The van der Waals surface area contributed by atoms with Crippen LogP contribution in [0, 0.1) is 11.8 Å². The molecule has 0 aliphatic carbocycles. The summed E-state index contributed by atoms with van der Waals surface area (Å²) >= 11 is 0. The van der Waals surface area contributed by atoms with E-state index in [1.54, 1.807) is 0 Å². The smallest absolute Gasteiger partial charge is 0.00424 e. The Kier molecular flexibility index (Phi) is 8.50. The molecule has 0 spiro atoms. The van der Waals surface area contributed by atoms with Crippen molar-refractivity contribution in [2.75, 3.05) is 0 Å². The van der Waals surface area contributed by atoms with Gasteiger partial charge in [-0.2, -0.15) is 0 Å². The van der Waals surface area contributed by atoms with E-state index in [2.05, 4.69) is 163 Å². The second kappa shape index (κ2) is 11.4. The molecule has 0 fully saturated rings. The number of hydrogen-bond donors (Lipinski definition) is 0. The maximum Gasteiger partial charge on any atom is -0.00424 e. The zero-order chi connectivity index (χ0) is 25.8. The second-order valence-corrected chi connectivity index (χ2v) is 16.6. The molecule has 4 aromatic carbocycles. The maximum absolute atomic E-state index is 2.52. The monoisotopic (exact) mass is 510 g/mol. The van der Waals surface area contributed by atoms with Crippen LogP contribution in [0.4, 0.5) is 0 Å². The normalized spacial score (nSPS) is 14.1. The molecular weight excluding hydrogens is 470 g/mol. The van der Waals surface area contributed by atoms with Crippen molar-refractivity contribution in [3.8, 4) is 0 Å². The van der Waals surface area contributed by atoms with Gasteiger partial charge in [-0.15, -0.1) is 0 Å². The van der Waals surface area contributed by atoms with Crippen molar-refractivity contribution in [2.45, 2.75) is 51.9 Å². The summed E-state index contributed by atoms with van der Waals surface area (Å²) in [6.07, 6.45) is 0. The Labute approximate surface area is 221 Å². The first kappa shape index (κ1) is 26.8. The van der Waals surface area contributed by atoms with Crippen molar-refractivity contribution in [2.24, 2.45) is 11.8 Å². The molecule has 2 heteroatoms. The summed E-state index contributed by atoms with van der Waals surface area (Å²) in [5.41, 5.74) is 0. The fourth-order valence-electron chi connectivity index (χ4n) is 5.57. The Hall–Kier alpha value is -2.26. The maximum atomic E-state index is 2.52. The lowest BCUT2D eigenvalue weighted by Crippen LogP contribution is -2.46. The molecule has 0 aromatic heterocycles. The minimum atomic E-state index is -0.534. The van der Waals surface area contributed by atoms with Crippen LogP contribution < -0.4 is 21.2 Å². The second-order valence-electron chi connectivity index (χ2n) is 10.9. The predicted octanol–water partition coefficient (Wildman–Crippen LogP) is 8.08. The number of benzene rings is 4. The lowest BCUT2D eigenvalue weighted by molar-refractivity contribution is 0.272. The third-order valence-corrected chi connectivity index (χ3v) is 14.6. The van der Waals surface area contributed by atoms with Gasteiger partial charge in [-0.3, -0.25) is 0 Å². The Morgan fingerprint density at radius 3 is 0.778 bits per heavy atom. The quantitative estimate of drug-likeness (QED) is 0.200. The molecule has 4 rings (SSSR count). The van der Waals surface area contributed by atoms with Gasteiger partial charge in [-0.1, -0.05) is 163 Å². The number of rotatable bonds is 9. The first-order chi connectivity index (χ1) is 17.2. The van der Waals surface area contributed by atoms with Gasteiger partial charge in [0.1, 0.15) is 0 Å². The molecule has 0 radical (unpaired) electrons. The van der Waals surface area contributed by atoms with E-state index in [4.69, 9.17) is 0 Å². The molecule has 0 aliphatic heterocycles. The van der Waals surface area contributed by atoms with Gasteiger partial charge in [0.05, 0.1) is 0 Å². The van der Waals surface area contributed by atoms with E-state index in [1.807, 2.05) is 0 Å². The van der Waals surface area contributed by atoms with Gasteiger partial charge in [-0.05, 0) is 59.2 Å². The van der Waals surface area contributed by atoms with Crippen molar-refractivity contribution in [3.05, 3.63) is 121 Å². The van der Waals surface area contributed by atoms with Crippen LogP contribution in [0.2, 0.25) is 0 Å². The Balaban J connectivity index is 1.76. The molecule has 4 aromatic rings. The highest BCUT2D eigenvalue weighted by Crippen LogP contribution is 2.59. The van der Waals surface area contributed by atoms with Gasteiger partial charge in [0.15, 0.2) is 0 Å². The molecule has 2 atom stereocenters. The molecular formula is C34H40P2. The van der Waals surface area contributed by atoms with Gasteiger partial charge in [0.25, 0.3) is 0 Å². The minimum Gasteiger partial charge on any atom is -0.0622 e. The molecule has 0 bridgehead atoms. The highest BCUT2D eigenvalue weighted by molar-refractivity contribution is 7.75. The third kappa shape index (κ3) is 5.52. The van der Waals surface area contributed by atoms with Crippen molar-refractivity contribution in [3.63, 3.8) is 0 Å². The average Bonchev–Trinajstić information content (AvgIpc) is 2.90. The molecule has 0 heterocycles. The van der Waals surface area contributed by atoms with E-state index in [9.17, 15) is 0 Å². The molecule has 0 nitrogen and oxygen atoms in total. The van der Waals surface area contributed by atoms with Crippen molar-refractivity contribution >= 4 is 37.1 Å². The first-order valence-corrected chi connectivity index (χ1v) is 15.7. The summed E-state index contributed by atoms with van der Waals surface area (Å²) in [5, 5.41) is 6.09. The summed E-state index contributed by atoms with van der Waals surface area (Å²) in [6.45, 7) is 15.1. The van der Waals surface area contributed by atoms with Crippen molar-refractivity contribution < 1.29 is 0 Å². The summed E-state index contributed by atoms with van der Waals surface area (Å²) in [7, 11) is -1.07. The van der Waals surface area contributed by atoms with Crippen LogP contribution in [-0.4, -0.2) is 10.3 Å². The molecule has 0 amide bonds. The summed E-state index contributed by atoms with van der Waals surface area (Å²) in [6, 6.07) is 44.8. The molecule has 36 heavy (non-hydrogen) atoms. The molecule has 0 saturated carbocycles. The lowest BCUT2D eigenvalue weighted by Gasteiger charge is -2.50. The van der Waals surface area contributed by atoms with Gasteiger partial charge in [-0.25, -0.2) is 0 Å². The predicted molar refractivity (Wildman–Crippen MR) is 165 cm³/mol. The van der Waals surface area contributed by atoms with E-state index in [0.717, 1.165) is 0 Å². The molecule has 0 unspecified atom stereocenters. The fraction of sp³-hybridized carbons (Fsp3) is 0.294. The van der Waals surface area contributed by atoms with Gasteiger partial charge in [0.2, 0.25) is 0 Å². The van der Waals surface area contributed by atoms with Crippen LogP contribution in [0.3, 0.4) is 0 Å². The third-order valence-electron chi connectivity index (χ3n) is 8.19. The van der Waals surface area contributed by atoms with E-state index in [1.165, 1.54) is 21.2 Å². The van der Waals surface area contributed by atoms with Gasteiger partial charge in [0, 0.05) is 0 Å². The Bertz CT molecular complexity index is 1020. The van der Waals surface area contributed by atoms with Crippen LogP contribution in [0.15, 0.2) is 121 Å². The fourth-order valence-corrected chi connectivity index (χ4v) is 12.0. The minimum absolute atomic E-state index is 0.114. The lowest BCUT2D eigenvalue weighted by atomic mass is 9.78. The summed E-state index contributed by atoms with van der Waals surface area (Å²) in [4.78, 5) is 0. The number of hydrogen-bond acceptors (Lipinski definition) is 0. The highest BCUT2D eigenvalue weighted by atomic mass is 31.1. The average molecular weight is 511 g/mol. The Morgan fingerprint density at radius 2 is 0.583 bits per heavy atom. The van der Waals surface area contributed by atoms with Crippen molar-refractivity contribution in [1.82, 2.24) is 0 Å². The standard InChI is InChI=1S/C34H40P2/c1-27(33(3,4)35(29-19-11-7-12-20-29)30-21-13-8-14-22-30)28(2)34(5,6)36(31-23-15-9-16-24-31)32-25-17-10-18-26-32/h7-28H,1-6H3/t27-,28-/m0/s1. The van der Waals surface area contributed by atoms with E-state index < -0.39 is 15.8 Å². The zero-order valence-electron chi connectivity index (χ0n) is 22.6. The van der Waals surface area contributed by atoms with E-state index >= 15 is 0 Å².